The fraction of sp³-hybridized carbons (Fsp3) is 0.368. The molecule has 1 aromatic carbocycles. The topological polar surface area (TPSA) is 106 Å². The third-order valence-corrected chi connectivity index (χ3v) is 5.01. The summed E-state index contributed by atoms with van der Waals surface area (Å²) >= 11 is 1.83. The van der Waals surface area contributed by atoms with Crippen LogP contribution in [0, 0.1) is 3.57 Å². The first-order valence-electron chi connectivity index (χ1n) is 8.99. The number of esters is 2. The van der Waals surface area contributed by atoms with Crippen LogP contribution in [0.4, 0.5) is 0 Å². The van der Waals surface area contributed by atoms with Crippen LogP contribution in [0.1, 0.15) is 45.2 Å². The second kappa shape index (κ2) is 9.25. The van der Waals surface area contributed by atoms with Crippen LogP contribution in [0.25, 0.3) is 0 Å². The van der Waals surface area contributed by atoms with Crippen LogP contribution in [0.15, 0.2) is 18.2 Å². The molecule has 0 amide bonds. The Morgan fingerprint density at radius 2 is 1.72 bits per heavy atom. The van der Waals surface area contributed by atoms with Gasteiger partial charge in [-0.25, -0.2) is 14.3 Å². The first kappa shape index (κ1) is 21.1. The zero-order chi connectivity index (χ0) is 21.0. The van der Waals surface area contributed by atoms with Crippen molar-refractivity contribution in [3.63, 3.8) is 0 Å². The minimum atomic E-state index is -0.673. The molecule has 0 bridgehead atoms. The number of Topliss-reactive ketones (excluding diaryl/α,β-unsaturated/α-hetero) is 1. The lowest BCUT2D eigenvalue weighted by Gasteiger charge is -2.18. The average Bonchev–Trinajstić information content (AvgIpc) is 3.04. The Hall–Kier alpha value is -2.63. The molecule has 1 aromatic heterocycles. The summed E-state index contributed by atoms with van der Waals surface area (Å²) in [5.41, 5.74) is 0.360. The van der Waals surface area contributed by atoms with Crippen molar-refractivity contribution in [1.29, 1.82) is 0 Å². The summed E-state index contributed by atoms with van der Waals surface area (Å²) in [4.78, 5) is 37.4. The third kappa shape index (κ3) is 4.52. The van der Waals surface area contributed by atoms with Crippen LogP contribution in [0.5, 0.6) is 11.5 Å². The molecule has 154 valence electrons. The summed E-state index contributed by atoms with van der Waals surface area (Å²) < 4.78 is 22.4. The van der Waals surface area contributed by atoms with E-state index < -0.39 is 11.9 Å². The number of aromatic nitrogens is 2. The van der Waals surface area contributed by atoms with Gasteiger partial charge in [-0.2, -0.15) is 5.10 Å². The van der Waals surface area contributed by atoms with E-state index in [1.165, 1.54) is 4.68 Å². The number of halogens is 1. The van der Waals surface area contributed by atoms with Gasteiger partial charge in [-0.15, -0.1) is 0 Å². The van der Waals surface area contributed by atoms with E-state index in [2.05, 4.69) is 5.10 Å². The quantitative estimate of drug-likeness (QED) is 0.316. The molecule has 2 aromatic rings. The molecule has 29 heavy (non-hydrogen) atoms. The molecule has 0 N–H and O–H groups in total. The molecular weight excluding hydrogens is 495 g/mol. The van der Waals surface area contributed by atoms with Gasteiger partial charge in [0.2, 0.25) is 0 Å². The summed E-state index contributed by atoms with van der Waals surface area (Å²) in [7, 11) is 0. The van der Waals surface area contributed by atoms with E-state index in [4.69, 9.17) is 18.9 Å². The predicted molar refractivity (Wildman–Crippen MR) is 109 cm³/mol. The number of ketones is 1. The molecule has 0 atom stereocenters. The van der Waals surface area contributed by atoms with Crippen LogP contribution in [0.2, 0.25) is 0 Å². The highest BCUT2D eigenvalue weighted by Gasteiger charge is 2.28. The van der Waals surface area contributed by atoms with E-state index in [0.717, 1.165) is 0 Å². The number of fused-ring (bicyclic) bond motifs is 1. The Balaban J connectivity index is 1.92. The molecule has 0 radical (unpaired) electrons. The first-order chi connectivity index (χ1) is 14.0. The molecule has 0 spiro atoms. The average molecular weight is 514 g/mol. The van der Waals surface area contributed by atoms with Gasteiger partial charge < -0.3 is 18.9 Å². The van der Waals surface area contributed by atoms with E-state index >= 15 is 0 Å². The SMILES string of the molecule is CCOC(=O)c1nn(CC(=O)c2ccc3c(c2)OCCO3)c(C(=O)OCC)c1I. The van der Waals surface area contributed by atoms with Gasteiger partial charge in [0, 0.05) is 5.56 Å². The maximum absolute atomic E-state index is 12.8. The van der Waals surface area contributed by atoms with Crippen molar-refractivity contribution in [1.82, 2.24) is 9.78 Å². The Morgan fingerprint density at radius 3 is 2.41 bits per heavy atom. The van der Waals surface area contributed by atoms with E-state index in [9.17, 15) is 14.4 Å². The van der Waals surface area contributed by atoms with Gasteiger partial charge in [-0.3, -0.25) is 4.79 Å². The van der Waals surface area contributed by atoms with Crippen molar-refractivity contribution >= 4 is 40.3 Å². The highest BCUT2D eigenvalue weighted by molar-refractivity contribution is 14.1. The smallest absolute Gasteiger partial charge is 0.359 e. The fourth-order valence-corrected chi connectivity index (χ4v) is 3.55. The highest BCUT2D eigenvalue weighted by atomic mass is 127. The molecule has 0 saturated carbocycles. The Morgan fingerprint density at radius 1 is 1.07 bits per heavy atom. The lowest BCUT2D eigenvalue weighted by molar-refractivity contribution is 0.0505. The molecule has 1 aliphatic rings. The third-order valence-electron chi connectivity index (χ3n) is 3.99. The highest BCUT2D eigenvalue weighted by Crippen LogP contribution is 2.31. The zero-order valence-electron chi connectivity index (χ0n) is 15.9. The van der Waals surface area contributed by atoms with Crippen LogP contribution >= 0.6 is 22.6 Å². The molecule has 9 nitrogen and oxygen atoms in total. The second-order valence-corrected chi connectivity index (χ2v) is 6.97. The predicted octanol–water partition coefficient (Wildman–Crippen LogP) is 2.50. The van der Waals surface area contributed by atoms with Crippen LogP contribution < -0.4 is 9.47 Å². The Bertz CT molecular complexity index is 954. The molecule has 0 fully saturated rings. The van der Waals surface area contributed by atoms with Crippen LogP contribution in [0.3, 0.4) is 0 Å². The summed E-state index contributed by atoms with van der Waals surface area (Å²) in [5, 5.41) is 4.14. The van der Waals surface area contributed by atoms with Crippen molar-refractivity contribution < 1.29 is 33.3 Å². The minimum Gasteiger partial charge on any atom is -0.486 e. The van der Waals surface area contributed by atoms with Gasteiger partial charge in [0.25, 0.3) is 0 Å². The standard InChI is InChI=1S/C19H19IN2O7/c1-3-26-18(24)16-15(20)17(19(25)27-4-2)22(21-16)10-12(23)11-5-6-13-14(9-11)29-8-7-28-13/h5-6,9H,3-4,7-8,10H2,1-2H3. The summed E-state index contributed by atoms with van der Waals surface area (Å²) in [6.45, 7) is 4.22. The lowest BCUT2D eigenvalue weighted by atomic mass is 10.1. The van der Waals surface area contributed by atoms with Gasteiger partial charge in [-0.05, 0) is 54.6 Å². The van der Waals surface area contributed by atoms with E-state index in [1.807, 2.05) is 22.6 Å². The van der Waals surface area contributed by atoms with E-state index in [-0.39, 0.29) is 40.5 Å². The van der Waals surface area contributed by atoms with Crippen LogP contribution in [-0.4, -0.2) is 53.9 Å². The van der Waals surface area contributed by atoms with Gasteiger partial charge in [0.15, 0.2) is 28.7 Å². The number of rotatable bonds is 7. The minimum absolute atomic E-state index is 0.0291. The molecule has 0 aliphatic carbocycles. The molecule has 1 aliphatic heterocycles. The maximum Gasteiger partial charge on any atom is 0.359 e. The van der Waals surface area contributed by atoms with E-state index in [1.54, 1.807) is 32.0 Å². The number of carbonyl (C=O) groups excluding carboxylic acids is 3. The molecule has 0 saturated heterocycles. The van der Waals surface area contributed by atoms with Gasteiger partial charge in [0.05, 0.1) is 16.8 Å². The number of carbonyl (C=O) groups is 3. The van der Waals surface area contributed by atoms with Gasteiger partial charge in [-0.1, -0.05) is 0 Å². The van der Waals surface area contributed by atoms with Gasteiger partial charge >= 0.3 is 11.9 Å². The Labute approximate surface area is 180 Å². The summed E-state index contributed by atoms with van der Waals surface area (Å²) in [6, 6.07) is 4.85. The monoisotopic (exact) mass is 514 g/mol. The summed E-state index contributed by atoms with van der Waals surface area (Å²) in [6.07, 6.45) is 0. The Kier molecular flexibility index (Phi) is 6.72. The number of benzene rings is 1. The number of hydrogen-bond donors (Lipinski definition) is 0. The van der Waals surface area contributed by atoms with Crippen LogP contribution in [-0.2, 0) is 16.0 Å². The molecule has 2 heterocycles. The number of hydrogen-bond acceptors (Lipinski definition) is 8. The number of ether oxygens (including phenoxy) is 4. The fourth-order valence-electron chi connectivity index (χ4n) is 2.72. The first-order valence-corrected chi connectivity index (χ1v) is 10.1. The van der Waals surface area contributed by atoms with Gasteiger partial charge in [0.1, 0.15) is 19.8 Å². The normalized spacial score (nSPS) is 12.4. The lowest BCUT2D eigenvalue weighted by Crippen LogP contribution is -2.20. The van der Waals surface area contributed by atoms with Crippen molar-refractivity contribution in [3.8, 4) is 11.5 Å². The summed E-state index contributed by atoms with van der Waals surface area (Å²) in [5.74, 6) is -0.613. The molecular formula is C19H19IN2O7. The van der Waals surface area contributed by atoms with Crippen molar-refractivity contribution in [2.75, 3.05) is 26.4 Å². The molecule has 10 heteroatoms. The molecule has 3 rings (SSSR count). The van der Waals surface area contributed by atoms with E-state index in [0.29, 0.717) is 30.3 Å². The number of nitrogens with zero attached hydrogens (tertiary/aromatic N) is 2. The van der Waals surface area contributed by atoms with Crippen molar-refractivity contribution in [2.45, 2.75) is 20.4 Å². The van der Waals surface area contributed by atoms with Crippen molar-refractivity contribution in [2.24, 2.45) is 0 Å². The zero-order valence-corrected chi connectivity index (χ0v) is 18.1. The maximum atomic E-state index is 12.8. The molecule has 0 unspecified atom stereocenters. The van der Waals surface area contributed by atoms with Crippen molar-refractivity contribution in [3.05, 3.63) is 38.7 Å². The largest absolute Gasteiger partial charge is 0.486 e. The second-order valence-electron chi connectivity index (χ2n) is 5.89.